The van der Waals surface area contributed by atoms with Gasteiger partial charge in [0.25, 0.3) is 0 Å². The van der Waals surface area contributed by atoms with E-state index in [-0.39, 0.29) is 5.75 Å². The van der Waals surface area contributed by atoms with Gasteiger partial charge < -0.3 is 4.74 Å². The van der Waals surface area contributed by atoms with Crippen LogP contribution in [0.3, 0.4) is 0 Å². The normalized spacial score (nSPS) is 13.6. The van der Waals surface area contributed by atoms with E-state index in [4.69, 9.17) is 0 Å². The van der Waals surface area contributed by atoms with E-state index in [1.165, 1.54) is 18.2 Å². The molecular formula is C10H6F6O. The molecule has 0 N–H and O–H groups in total. The number of hydrogen-bond donors (Lipinski definition) is 0. The maximum absolute atomic E-state index is 12.2. The molecule has 0 aliphatic rings. The zero-order chi connectivity index (χ0) is 13.1. The van der Waals surface area contributed by atoms with Crippen LogP contribution in [0.15, 0.2) is 42.2 Å². The molecule has 7 heteroatoms. The van der Waals surface area contributed by atoms with E-state index in [0.717, 1.165) is 12.1 Å². The van der Waals surface area contributed by atoms with Gasteiger partial charge in [0.2, 0.25) is 5.76 Å². The Kier molecular flexibility index (Phi) is 3.69. The van der Waals surface area contributed by atoms with E-state index in [9.17, 15) is 26.3 Å². The minimum atomic E-state index is -5.20. The van der Waals surface area contributed by atoms with Gasteiger partial charge in [-0.15, -0.1) is 0 Å². The summed E-state index contributed by atoms with van der Waals surface area (Å²) in [5.74, 6) is -2.42. The molecule has 0 heterocycles. The summed E-state index contributed by atoms with van der Waals surface area (Å²) in [6, 6.07) is 6.42. The topological polar surface area (TPSA) is 9.23 Å². The van der Waals surface area contributed by atoms with Gasteiger partial charge in [0, 0.05) is 0 Å². The number of ether oxygens (including phenoxy) is 1. The largest absolute Gasteiger partial charge is 0.452 e. The van der Waals surface area contributed by atoms with E-state index in [1.54, 1.807) is 0 Å². The Hall–Kier alpha value is -1.66. The average Bonchev–Trinajstić information content (AvgIpc) is 2.15. The second-order valence-corrected chi connectivity index (χ2v) is 2.96. The fraction of sp³-hybridized carbons (Fsp3) is 0.200. The lowest BCUT2D eigenvalue weighted by Gasteiger charge is -2.13. The van der Waals surface area contributed by atoms with Crippen LogP contribution in [-0.2, 0) is 0 Å². The second kappa shape index (κ2) is 4.68. The van der Waals surface area contributed by atoms with E-state index in [1.807, 2.05) is 0 Å². The van der Waals surface area contributed by atoms with Crippen LogP contribution in [-0.4, -0.2) is 12.4 Å². The molecule has 17 heavy (non-hydrogen) atoms. The van der Waals surface area contributed by atoms with Crippen molar-refractivity contribution < 1.29 is 31.1 Å². The molecule has 1 aromatic rings. The van der Waals surface area contributed by atoms with Crippen molar-refractivity contribution in [3.63, 3.8) is 0 Å². The molecule has 1 aromatic carbocycles. The minimum absolute atomic E-state index is 0.319. The van der Waals surface area contributed by atoms with Crippen LogP contribution in [0.5, 0.6) is 5.75 Å². The number of para-hydroxylation sites is 1. The van der Waals surface area contributed by atoms with Gasteiger partial charge in [0.05, 0.1) is 6.08 Å². The summed E-state index contributed by atoms with van der Waals surface area (Å²) < 4.78 is 76.5. The Morgan fingerprint density at radius 2 is 1.47 bits per heavy atom. The van der Waals surface area contributed by atoms with Gasteiger partial charge >= 0.3 is 12.4 Å². The predicted molar refractivity (Wildman–Crippen MR) is 47.3 cm³/mol. The Balaban J connectivity index is 2.99. The van der Waals surface area contributed by atoms with Crippen LogP contribution in [0.25, 0.3) is 0 Å². The van der Waals surface area contributed by atoms with Crippen molar-refractivity contribution in [3.05, 3.63) is 42.2 Å². The molecule has 0 aliphatic heterocycles. The number of rotatable bonds is 2. The lowest BCUT2D eigenvalue weighted by molar-refractivity contribution is -0.128. The van der Waals surface area contributed by atoms with Crippen molar-refractivity contribution in [2.45, 2.75) is 12.4 Å². The number of halogens is 6. The van der Waals surface area contributed by atoms with Crippen LogP contribution in [0.4, 0.5) is 26.3 Å². The first-order valence-electron chi connectivity index (χ1n) is 4.28. The Bertz CT molecular complexity index is 389. The highest BCUT2D eigenvalue weighted by molar-refractivity contribution is 5.24. The summed E-state index contributed by atoms with van der Waals surface area (Å²) in [5, 5.41) is 0. The van der Waals surface area contributed by atoms with Gasteiger partial charge in [-0.3, -0.25) is 0 Å². The maximum atomic E-state index is 12.2. The lowest BCUT2D eigenvalue weighted by Crippen LogP contribution is -2.20. The quantitative estimate of drug-likeness (QED) is 0.572. The van der Waals surface area contributed by atoms with Gasteiger partial charge in [0.15, 0.2) is 0 Å². The fourth-order valence-corrected chi connectivity index (χ4v) is 0.933. The van der Waals surface area contributed by atoms with Crippen LogP contribution >= 0.6 is 0 Å². The summed E-state index contributed by atoms with van der Waals surface area (Å²) in [5.41, 5.74) is 0. The fourth-order valence-electron chi connectivity index (χ4n) is 0.933. The molecule has 94 valence electrons. The third-order valence-electron chi connectivity index (χ3n) is 1.55. The highest BCUT2D eigenvalue weighted by Crippen LogP contribution is 2.31. The molecule has 0 saturated heterocycles. The van der Waals surface area contributed by atoms with Crippen LogP contribution in [0.1, 0.15) is 0 Å². The Labute approximate surface area is 92.3 Å². The molecule has 0 atom stereocenters. The molecule has 0 fully saturated rings. The van der Waals surface area contributed by atoms with E-state index >= 15 is 0 Å². The highest BCUT2D eigenvalue weighted by atomic mass is 19.4. The lowest BCUT2D eigenvalue weighted by atomic mass is 10.3. The number of benzene rings is 1. The van der Waals surface area contributed by atoms with Crippen molar-refractivity contribution in [2.75, 3.05) is 0 Å². The van der Waals surface area contributed by atoms with Gasteiger partial charge in [-0.25, -0.2) is 0 Å². The summed E-state index contributed by atoms with van der Waals surface area (Å²) >= 11 is 0. The number of alkyl halides is 6. The maximum Gasteiger partial charge on any atom is 0.449 e. The highest BCUT2D eigenvalue weighted by Gasteiger charge is 2.41. The Morgan fingerprint density at radius 3 is 1.88 bits per heavy atom. The molecule has 0 radical (unpaired) electrons. The zero-order valence-electron chi connectivity index (χ0n) is 8.14. The van der Waals surface area contributed by atoms with E-state index < -0.39 is 24.2 Å². The summed E-state index contributed by atoms with van der Waals surface area (Å²) in [6.07, 6.45) is -11.2. The summed E-state index contributed by atoms with van der Waals surface area (Å²) in [7, 11) is 0. The summed E-state index contributed by atoms with van der Waals surface area (Å²) in [4.78, 5) is 0. The number of hydrogen-bond acceptors (Lipinski definition) is 1. The van der Waals surface area contributed by atoms with Crippen molar-refractivity contribution >= 4 is 0 Å². The standard InChI is InChI=1S/C10H6F6O/c11-9(12,13)6-8(10(14,15)16)17-7-4-2-1-3-5-7/h1-6H/b8-6-. The third kappa shape index (κ3) is 4.80. The first kappa shape index (κ1) is 13.4. The van der Waals surface area contributed by atoms with Crippen molar-refractivity contribution in [2.24, 2.45) is 0 Å². The zero-order valence-corrected chi connectivity index (χ0v) is 8.14. The SMILES string of the molecule is FC(F)(F)/C=C(\Oc1ccccc1)C(F)(F)F. The van der Waals surface area contributed by atoms with Gasteiger partial charge in [-0.1, -0.05) is 18.2 Å². The van der Waals surface area contributed by atoms with Crippen LogP contribution in [0, 0.1) is 0 Å². The molecule has 0 spiro atoms. The van der Waals surface area contributed by atoms with Gasteiger partial charge in [-0.05, 0) is 12.1 Å². The first-order valence-corrected chi connectivity index (χ1v) is 4.28. The van der Waals surface area contributed by atoms with Gasteiger partial charge in [-0.2, -0.15) is 26.3 Å². The smallest absolute Gasteiger partial charge is 0.449 e. The molecule has 1 nitrogen and oxygen atoms in total. The van der Waals surface area contributed by atoms with Crippen molar-refractivity contribution in [1.29, 1.82) is 0 Å². The molecule has 0 bridgehead atoms. The second-order valence-electron chi connectivity index (χ2n) is 2.96. The minimum Gasteiger partial charge on any atom is -0.452 e. The average molecular weight is 256 g/mol. The van der Waals surface area contributed by atoms with Crippen molar-refractivity contribution in [1.82, 2.24) is 0 Å². The molecule has 0 unspecified atom stereocenters. The molecule has 0 aliphatic carbocycles. The van der Waals surface area contributed by atoms with E-state index in [2.05, 4.69) is 4.74 Å². The summed E-state index contributed by atoms with van der Waals surface area (Å²) in [6.45, 7) is 0. The Morgan fingerprint density at radius 1 is 0.941 bits per heavy atom. The molecule has 1 rings (SSSR count). The molecule has 0 saturated carbocycles. The predicted octanol–water partition coefficient (Wildman–Crippen LogP) is 4.07. The van der Waals surface area contributed by atoms with Gasteiger partial charge in [0.1, 0.15) is 5.75 Å². The molecule has 0 aromatic heterocycles. The van der Waals surface area contributed by atoms with Crippen molar-refractivity contribution in [3.8, 4) is 5.75 Å². The van der Waals surface area contributed by atoms with E-state index in [0.29, 0.717) is 0 Å². The molecule has 0 amide bonds. The monoisotopic (exact) mass is 256 g/mol. The van der Waals surface area contributed by atoms with Crippen LogP contribution < -0.4 is 4.74 Å². The van der Waals surface area contributed by atoms with Crippen LogP contribution in [0.2, 0.25) is 0 Å². The number of allylic oxidation sites excluding steroid dienone is 2. The first-order chi connectivity index (χ1) is 7.68. The molecular weight excluding hydrogens is 250 g/mol. The third-order valence-corrected chi connectivity index (χ3v) is 1.55.